The second kappa shape index (κ2) is 8.13. The second-order valence-electron chi connectivity index (χ2n) is 5.25. The van der Waals surface area contributed by atoms with Gasteiger partial charge in [-0.15, -0.1) is 0 Å². The van der Waals surface area contributed by atoms with E-state index in [4.69, 9.17) is 9.47 Å². The Balaban J connectivity index is 2.36. The number of benzene rings is 1. The van der Waals surface area contributed by atoms with Crippen molar-refractivity contribution in [3.05, 3.63) is 70.8 Å². The van der Waals surface area contributed by atoms with Crippen LogP contribution in [0.3, 0.4) is 0 Å². The van der Waals surface area contributed by atoms with Gasteiger partial charge in [-0.2, -0.15) is 0 Å². The van der Waals surface area contributed by atoms with Gasteiger partial charge in [-0.25, -0.2) is 4.79 Å². The smallest absolute Gasteiger partial charge is 0.330 e. The third-order valence-corrected chi connectivity index (χ3v) is 3.58. The van der Waals surface area contributed by atoms with Crippen LogP contribution in [0.2, 0.25) is 0 Å². The minimum Gasteiger partial charge on any atom is -0.466 e. The zero-order chi connectivity index (χ0) is 16.7. The number of hydrogen-bond acceptors (Lipinski definition) is 4. The lowest BCUT2D eigenvalue weighted by molar-refractivity contribution is -0.140. The van der Waals surface area contributed by atoms with E-state index in [9.17, 15) is 9.59 Å². The van der Waals surface area contributed by atoms with E-state index in [1.807, 2.05) is 42.5 Å². The van der Waals surface area contributed by atoms with E-state index in [0.717, 1.165) is 22.3 Å². The predicted octanol–water partition coefficient (Wildman–Crippen LogP) is 3.15. The molecule has 0 atom stereocenters. The fraction of sp³-hybridized carbons (Fsp3) is 0.263. The number of rotatable bonds is 5. The Kier molecular flexibility index (Phi) is 5.92. The van der Waals surface area contributed by atoms with Crippen LogP contribution in [-0.2, 0) is 25.5 Å². The molecule has 0 radical (unpaired) electrons. The molecule has 1 aliphatic rings. The van der Waals surface area contributed by atoms with Crippen molar-refractivity contribution >= 4 is 11.9 Å². The van der Waals surface area contributed by atoms with Gasteiger partial charge in [0, 0.05) is 13.0 Å². The van der Waals surface area contributed by atoms with E-state index in [1.165, 1.54) is 20.1 Å². The topological polar surface area (TPSA) is 52.6 Å². The van der Waals surface area contributed by atoms with E-state index < -0.39 is 0 Å². The summed E-state index contributed by atoms with van der Waals surface area (Å²) in [5.74, 6) is -0.707. The molecule has 23 heavy (non-hydrogen) atoms. The fourth-order valence-corrected chi connectivity index (χ4v) is 2.45. The van der Waals surface area contributed by atoms with Crippen LogP contribution in [0.25, 0.3) is 0 Å². The quantitative estimate of drug-likeness (QED) is 0.619. The van der Waals surface area contributed by atoms with Gasteiger partial charge in [0.1, 0.15) is 6.61 Å². The molecular formula is C19H20O4. The average Bonchev–Trinajstić information content (AvgIpc) is 2.55. The van der Waals surface area contributed by atoms with Crippen LogP contribution in [0.15, 0.2) is 65.3 Å². The Labute approximate surface area is 136 Å². The summed E-state index contributed by atoms with van der Waals surface area (Å²) >= 11 is 0. The van der Waals surface area contributed by atoms with Crippen molar-refractivity contribution in [2.45, 2.75) is 19.8 Å². The van der Waals surface area contributed by atoms with Crippen LogP contribution in [0, 0.1) is 0 Å². The maximum atomic E-state index is 11.6. The Morgan fingerprint density at radius 3 is 2.61 bits per heavy atom. The molecule has 0 amide bonds. The number of esters is 2. The molecule has 2 rings (SSSR count). The van der Waals surface area contributed by atoms with Crippen LogP contribution in [-0.4, -0.2) is 25.7 Å². The van der Waals surface area contributed by atoms with Crippen LogP contribution >= 0.6 is 0 Å². The first-order valence-corrected chi connectivity index (χ1v) is 7.45. The maximum Gasteiger partial charge on any atom is 0.330 e. The minimum atomic E-state index is -0.382. The molecule has 1 aromatic carbocycles. The van der Waals surface area contributed by atoms with Crippen molar-refractivity contribution in [2.24, 2.45) is 0 Å². The molecule has 1 aromatic rings. The van der Waals surface area contributed by atoms with Gasteiger partial charge in [0.25, 0.3) is 0 Å². The standard InChI is InChI=1S/C19H20O4/c1-14(20)23-13-17-10-6-9-16(12-19(21)22-2)18(17)11-15-7-4-3-5-8-15/h3-8,10,12H,9,11,13H2,1-2H3/b16-12-. The zero-order valence-corrected chi connectivity index (χ0v) is 13.4. The molecule has 0 bridgehead atoms. The zero-order valence-electron chi connectivity index (χ0n) is 13.4. The summed E-state index contributed by atoms with van der Waals surface area (Å²) in [6, 6.07) is 9.98. The molecule has 0 heterocycles. The predicted molar refractivity (Wildman–Crippen MR) is 87.7 cm³/mol. The largest absolute Gasteiger partial charge is 0.466 e. The Morgan fingerprint density at radius 2 is 1.96 bits per heavy atom. The molecule has 120 valence electrons. The van der Waals surface area contributed by atoms with Crippen LogP contribution < -0.4 is 0 Å². The monoisotopic (exact) mass is 312 g/mol. The van der Waals surface area contributed by atoms with Gasteiger partial charge in [-0.3, -0.25) is 4.79 Å². The van der Waals surface area contributed by atoms with Crippen LogP contribution in [0.4, 0.5) is 0 Å². The van der Waals surface area contributed by atoms with Gasteiger partial charge >= 0.3 is 11.9 Å². The Morgan fingerprint density at radius 1 is 1.22 bits per heavy atom. The Hall–Kier alpha value is -2.62. The number of carbonyl (C=O) groups is 2. The van der Waals surface area contributed by atoms with E-state index in [1.54, 1.807) is 0 Å². The molecule has 0 saturated heterocycles. The molecule has 0 fully saturated rings. The van der Waals surface area contributed by atoms with Gasteiger partial charge in [0.2, 0.25) is 0 Å². The molecule has 4 nitrogen and oxygen atoms in total. The first-order chi connectivity index (χ1) is 11.1. The molecule has 4 heteroatoms. The van der Waals surface area contributed by atoms with Crippen molar-refractivity contribution in [3.8, 4) is 0 Å². The molecule has 0 saturated carbocycles. The number of hydrogen-bond donors (Lipinski definition) is 0. The van der Waals surface area contributed by atoms with Crippen molar-refractivity contribution in [1.82, 2.24) is 0 Å². The molecule has 0 unspecified atom stereocenters. The van der Waals surface area contributed by atoms with Crippen LogP contribution in [0.5, 0.6) is 0 Å². The van der Waals surface area contributed by atoms with Crippen molar-refractivity contribution in [3.63, 3.8) is 0 Å². The van der Waals surface area contributed by atoms with Gasteiger partial charge in [-0.05, 0) is 35.1 Å². The van der Waals surface area contributed by atoms with E-state index >= 15 is 0 Å². The molecule has 0 N–H and O–H groups in total. The first-order valence-electron chi connectivity index (χ1n) is 7.45. The van der Waals surface area contributed by atoms with E-state index in [0.29, 0.717) is 12.8 Å². The molecule has 0 aliphatic heterocycles. The van der Waals surface area contributed by atoms with Crippen molar-refractivity contribution < 1.29 is 19.1 Å². The number of ether oxygens (including phenoxy) is 2. The normalized spacial score (nSPS) is 15.7. The van der Waals surface area contributed by atoms with Crippen molar-refractivity contribution in [2.75, 3.05) is 13.7 Å². The average molecular weight is 312 g/mol. The lowest BCUT2D eigenvalue weighted by atomic mass is 9.88. The third-order valence-electron chi connectivity index (χ3n) is 3.58. The summed E-state index contributed by atoms with van der Waals surface area (Å²) in [7, 11) is 1.36. The van der Waals surface area contributed by atoms with Gasteiger partial charge in [-0.1, -0.05) is 42.5 Å². The van der Waals surface area contributed by atoms with E-state index in [-0.39, 0.29) is 18.5 Å². The highest BCUT2D eigenvalue weighted by Gasteiger charge is 2.16. The fourth-order valence-electron chi connectivity index (χ4n) is 2.45. The number of allylic oxidation sites excluding steroid dienone is 3. The van der Waals surface area contributed by atoms with Gasteiger partial charge < -0.3 is 9.47 Å². The lowest BCUT2D eigenvalue weighted by Gasteiger charge is -2.19. The van der Waals surface area contributed by atoms with Gasteiger partial charge in [0.05, 0.1) is 7.11 Å². The molecule has 1 aliphatic carbocycles. The summed E-state index contributed by atoms with van der Waals surface area (Å²) in [6.45, 7) is 1.59. The summed E-state index contributed by atoms with van der Waals surface area (Å²) < 4.78 is 9.88. The second-order valence-corrected chi connectivity index (χ2v) is 5.25. The first kappa shape index (κ1) is 16.7. The van der Waals surface area contributed by atoms with Gasteiger partial charge in [0.15, 0.2) is 0 Å². The SMILES string of the molecule is COC(=O)/C=C1/CC=CC(COC(C)=O)=C1Cc1ccccc1. The lowest BCUT2D eigenvalue weighted by Crippen LogP contribution is -2.11. The number of methoxy groups -OCH3 is 1. The summed E-state index contributed by atoms with van der Waals surface area (Å²) in [5, 5.41) is 0. The highest BCUT2D eigenvalue weighted by atomic mass is 16.5. The van der Waals surface area contributed by atoms with E-state index in [2.05, 4.69) is 0 Å². The number of carbonyl (C=O) groups excluding carboxylic acids is 2. The highest BCUT2D eigenvalue weighted by molar-refractivity contribution is 5.84. The summed E-state index contributed by atoms with van der Waals surface area (Å²) in [5.41, 5.74) is 3.94. The Bertz CT molecular complexity index is 666. The molecule has 0 spiro atoms. The third kappa shape index (κ3) is 4.95. The summed E-state index contributed by atoms with van der Waals surface area (Å²) in [4.78, 5) is 22.7. The summed E-state index contributed by atoms with van der Waals surface area (Å²) in [6.07, 6.45) is 6.75. The molecule has 0 aromatic heterocycles. The highest BCUT2D eigenvalue weighted by Crippen LogP contribution is 2.28. The minimum absolute atomic E-state index is 0.201. The molecular weight excluding hydrogens is 292 g/mol. The maximum absolute atomic E-state index is 11.6. The van der Waals surface area contributed by atoms with Crippen LogP contribution in [0.1, 0.15) is 18.9 Å². The van der Waals surface area contributed by atoms with Crippen molar-refractivity contribution in [1.29, 1.82) is 0 Å².